The summed E-state index contributed by atoms with van der Waals surface area (Å²) in [4.78, 5) is 26.5. The van der Waals surface area contributed by atoms with Gasteiger partial charge in [-0.15, -0.1) is 0 Å². The number of hydrogen-bond donors (Lipinski definition) is 1. The van der Waals surface area contributed by atoms with Crippen molar-refractivity contribution in [2.75, 3.05) is 56.3 Å². The summed E-state index contributed by atoms with van der Waals surface area (Å²) in [5, 5.41) is 4.67. The van der Waals surface area contributed by atoms with E-state index >= 15 is 0 Å². The van der Waals surface area contributed by atoms with Crippen molar-refractivity contribution in [1.29, 1.82) is 0 Å². The molecule has 0 unspecified atom stereocenters. The summed E-state index contributed by atoms with van der Waals surface area (Å²) in [6, 6.07) is 12.2. The zero-order valence-electron chi connectivity index (χ0n) is 23.2. The van der Waals surface area contributed by atoms with Crippen LogP contribution in [0.2, 0.25) is 5.02 Å². The van der Waals surface area contributed by atoms with Crippen LogP contribution >= 0.6 is 23.1 Å². The van der Waals surface area contributed by atoms with Crippen LogP contribution in [-0.2, 0) is 27.1 Å². The van der Waals surface area contributed by atoms with Crippen molar-refractivity contribution in [3.63, 3.8) is 0 Å². The van der Waals surface area contributed by atoms with Crippen LogP contribution in [0.3, 0.4) is 0 Å². The largest absolute Gasteiger partial charge is 0.512 e. The summed E-state index contributed by atoms with van der Waals surface area (Å²) in [6.45, 7) is 6.45. The Morgan fingerprint density at radius 1 is 1.20 bits per heavy atom. The monoisotopic (exact) mass is 584 g/mol. The van der Waals surface area contributed by atoms with Crippen LogP contribution in [-0.4, -0.2) is 67.0 Å². The van der Waals surface area contributed by atoms with Gasteiger partial charge in [-0.05, 0) is 47.3 Å². The van der Waals surface area contributed by atoms with Crippen LogP contribution in [0.25, 0.3) is 10.1 Å². The highest BCUT2D eigenvalue weighted by Crippen LogP contribution is 2.32. The Bertz CT molecular complexity index is 1370. The van der Waals surface area contributed by atoms with Crippen molar-refractivity contribution in [3.05, 3.63) is 72.1 Å². The molecule has 214 valence electrons. The van der Waals surface area contributed by atoms with Gasteiger partial charge < -0.3 is 27.1 Å². The van der Waals surface area contributed by atoms with Crippen molar-refractivity contribution in [3.8, 4) is 0 Å². The van der Waals surface area contributed by atoms with E-state index in [-0.39, 0.29) is 26.7 Å². The fraction of sp³-hybridized carbons (Fsp3) is 0.400. The molecule has 1 amide bonds. The van der Waals surface area contributed by atoms with E-state index in [4.69, 9.17) is 25.4 Å². The molecule has 2 aliphatic rings. The van der Waals surface area contributed by atoms with E-state index in [0.29, 0.717) is 22.3 Å². The molecule has 0 saturated carbocycles. The molecule has 0 spiro atoms. The third kappa shape index (κ3) is 6.95. The van der Waals surface area contributed by atoms with Gasteiger partial charge in [0.05, 0.1) is 43.8 Å². The number of allylic oxidation sites excluding steroid dienone is 1. The van der Waals surface area contributed by atoms with Crippen LogP contribution in [0, 0.1) is 7.43 Å². The number of quaternary nitrogens is 1. The van der Waals surface area contributed by atoms with Gasteiger partial charge in [0.2, 0.25) is 12.6 Å². The lowest BCUT2D eigenvalue weighted by atomic mass is 10.0. The molecule has 0 atom stereocenters. The number of amides is 1. The number of aromatic nitrogens is 1. The number of piperazine rings is 1. The molecule has 1 saturated heterocycles. The average Bonchev–Trinajstić information content (AvgIpc) is 3.53. The van der Waals surface area contributed by atoms with Crippen molar-refractivity contribution in [2.24, 2.45) is 0 Å². The fourth-order valence-corrected chi connectivity index (χ4v) is 6.22. The van der Waals surface area contributed by atoms with E-state index < -0.39 is 6.16 Å². The lowest BCUT2D eigenvalue weighted by Gasteiger charge is -2.44. The molecule has 3 heterocycles. The highest BCUT2D eigenvalue weighted by molar-refractivity contribution is 7.13. The van der Waals surface area contributed by atoms with E-state index in [9.17, 15) is 9.59 Å². The molecule has 1 aromatic heterocycles. The summed E-state index contributed by atoms with van der Waals surface area (Å²) in [5.41, 5.74) is 2.77. The molecule has 0 radical (unpaired) electrons. The van der Waals surface area contributed by atoms with Crippen LogP contribution in [0.1, 0.15) is 30.9 Å². The SMILES string of the molecule is CCC/C=C/COC(=O)OC[N+]1(CCc2cc3c(cc2Cl)NC(=O)C3)CCN(c2nsc3ccccc23)CC1.[CH3-]. The molecule has 1 fully saturated rings. The number of unbranched alkanes of at least 4 members (excludes halogenated alkanes) is 1. The summed E-state index contributed by atoms with van der Waals surface area (Å²) >= 11 is 8.12. The van der Waals surface area contributed by atoms with Gasteiger partial charge in [-0.1, -0.05) is 55.3 Å². The topological polar surface area (TPSA) is 80.8 Å². The number of fused-ring (bicyclic) bond motifs is 2. The minimum atomic E-state index is -0.651. The minimum absolute atomic E-state index is 0. The average molecular weight is 585 g/mol. The molecule has 2 aliphatic heterocycles. The molecule has 5 rings (SSSR count). The lowest BCUT2D eigenvalue weighted by Crippen LogP contribution is -2.61. The number of hydrogen-bond acceptors (Lipinski definition) is 7. The van der Waals surface area contributed by atoms with E-state index in [2.05, 4.69) is 29.3 Å². The fourth-order valence-electron chi connectivity index (χ4n) is 5.17. The Labute approximate surface area is 245 Å². The van der Waals surface area contributed by atoms with Gasteiger partial charge in [0, 0.05) is 22.5 Å². The second-order valence-corrected chi connectivity index (χ2v) is 11.4. The van der Waals surface area contributed by atoms with Gasteiger partial charge in [0.15, 0.2) is 5.82 Å². The number of halogens is 1. The first-order valence-corrected chi connectivity index (χ1v) is 14.6. The van der Waals surface area contributed by atoms with E-state index in [1.54, 1.807) is 0 Å². The molecule has 0 aliphatic carbocycles. The maximum atomic E-state index is 12.4. The molecular weight excluding hydrogens is 548 g/mol. The van der Waals surface area contributed by atoms with E-state index in [1.165, 1.54) is 21.6 Å². The van der Waals surface area contributed by atoms with Gasteiger partial charge in [0.25, 0.3) is 0 Å². The first-order valence-electron chi connectivity index (χ1n) is 13.5. The van der Waals surface area contributed by atoms with Crippen molar-refractivity contribution < 1.29 is 23.5 Å². The van der Waals surface area contributed by atoms with Crippen LogP contribution in [0.4, 0.5) is 16.3 Å². The van der Waals surface area contributed by atoms with Gasteiger partial charge in [-0.3, -0.25) is 9.28 Å². The number of carbonyl (C=O) groups excluding carboxylic acids is 2. The highest BCUT2D eigenvalue weighted by Gasteiger charge is 2.36. The molecule has 10 heteroatoms. The van der Waals surface area contributed by atoms with Crippen LogP contribution in [0.5, 0.6) is 0 Å². The quantitative estimate of drug-likeness (QED) is 0.131. The van der Waals surface area contributed by atoms with Gasteiger partial charge in [-0.2, -0.15) is 4.37 Å². The molecular formula is C30H37ClN4O4S. The maximum Gasteiger partial charge on any atom is 0.512 e. The Kier molecular flexibility index (Phi) is 10.1. The predicted molar refractivity (Wildman–Crippen MR) is 162 cm³/mol. The zero-order valence-corrected chi connectivity index (χ0v) is 24.7. The van der Waals surface area contributed by atoms with Crippen LogP contribution in [0.15, 0.2) is 48.6 Å². The zero-order chi connectivity index (χ0) is 27.2. The third-order valence-electron chi connectivity index (χ3n) is 7.47. The molecule has 1 N–H and O–H groups in total. The third-order valence-corrected chi connectivity index (χ3v) is 8.64. The molecule has 3 aromatic rings. The Morgan fingerprint density at radius 2 is 2.00 bits per heavy atom. The summed E-state index contributed by atoms with van der Waals surface area (Å²) < 4.78 is 17.4. The number of anilines is 2. The lowest BCUT2D eigenvalue weighted by molar-refractivity contribution is -0.944. The Morgan fingerprint density at radius 3 is 2.80 bits per heavy atom. The molecule has 0 bridgehead atoms. The van der Waals surface area contributed by atoms with Gasteiger partial charge in [-0.25, -0.2) is 4.79 Å². The number of carbonyl (C=O) groups is 2. The second-order valence-electron chi connectivity index (χ2n) is 10.2. The van der Waals surface area contributed by atoms with Crippen molar-refractivity contribution in [1.82, 2.24) is 4.37 Å². The highest BCUT2D eigenvalue weighted by atomic mass is 35.5. The predicted octanol–water partition coefficient (Wildman–Crippen LogP) is 6.24. The van der Waals surface area contributed by atoms with Crippen LogP contribution < -0.4 is 10.2 Å². The minimum Gasteiger partial charge on any atom is -0.430 e. The summed E-state index contributed by atoms with van der Waals surface area (Å²) in [5.74, 6) is 1.01. The molecule has 2 aromatic carbocycles. The van der Waals surface area contributed by atoms with Crippen molar-refractivity contribution >= 4 is 56.8 Å². The first-order chi connectivity index (χ1) is 19.0. The van der Waals surface area contributed by atoms with Gasteiger partial charge in [0.1, 0.15) is 6.61 Å². The van der Waals surface area contributed by atoms with E-state index in [1.807, 2.05) is 36.4 Å². The normalized spacial score (nSPS) is 16.1. The molecule has 8 nitrogen and oxygen atoms in total. The number of rotatable bonds is 10. The maximum absolute atomic E-state index is 12.4. The number of nitrogens with zero attached hydrogens (tertiary/aromatic N) is 3. The number of benzene rings is 2. The van der Waals surface area contributed by atoms with E-state index in [0.717, 1.165) is 68.2 Å². The standard InChI is InChI=1S/C29H33ClN4O4S.CH3/c1-2-3-4-7-16-37-29(36)38-20-34(13-10-21-17-22-18-27(35)31-25(22)19-24(21)30)14-11-33(12-15-34)28-23-8-5-6-9-26(23)39-32-28;/h4-9,17,19H,2-3,10-16,18,20H2,1H3;1H3/q;-1/p+1/b7-4+;. The van der Waals surface area contributed by atoms with Gasteiger partial charge >= 0.3 is 6.16 Å². The smallest absolute Gasteiger partial charge is 0.430 e. The Balaban J connectivity index is 0.00000370. The summed E-state index contributed by atoms with van der Waals surface area (Å²) in [6.07, 6.45) is 6.29. The first kappa shape index (κ1) is 29.8. The second kappa shape index (κ2) is 13.5. The summed E-state index contributed by atoms with van der Waals surface area (Å²) in [7, 11) is 0. The van der Waals surface area contributed by atoms with Crippen molar-refractivity contribution in [2.45, 2.75) is 32.6 Å². The molecule has 40 heavy (non-hydrogen) atoms. The number of nitrogens with one attached hydrogen (secondary N) is 1. The Hall–Kier alpha value is -3.14. The number of ether oxygens (including phenoxy) is 2.